The molecule has 264 valence electrons. The van der Waals surface area contributed by atoms with E-state index in [0.29, 0.717) is 52.4 Å². The van der Waals surface area contributed by atoms with Crippen molar-refractivity contribution in [3.8, 4) is 0 Å². The Hall–Kier alpha value is -3.83. The van der Waals surface area contributed by atoms with Crippen LogP contribution in [-0.4, -0.2) is 89.6 Å². The first-order valence-corrected chi connectivity index (χ1v) is 17.5. The predicted octanol–water partition coefficient (Wildman–Crippen LogP) is 6.66. The normalized spacial score (nSPS) is 15.9. The third kappa shape index (κ3) is 7.99. The van der Waals surface area contributed by atoms with Crippen molar-refractivity contribution < 1.29 is 24.1 Å². The van der Waals surface area contributed by atoms with Gasteiger partial charge < -0.3 is 34.2 Å². The Kier molecular flexibility index (Phi) is 12.1. The van der Waals surface area contributed by atoms with E-state index >= 15 is 0 Å². The van der Waals surface area contributed by atoms with Gasteiger partial charge in [-0.25, -0.2) is 4.98 Å². The summed E-state index contributed by atoms with van der Waals surface area (Å²) in [5, 5.41) is 10.4. The fraction of sp³-hybridized carbons (Fsp3) is 0.513. The van der Waals surface area contributed by atoms with Crippen LogP contribution in [0, 0.1) is 20.8 Å². The van der Waals surface area contributed by atoms with Crippen LogP contribution in [0.5, 0.6) is 0 Å². The molecule has 2 aliphatic rings. The molecule has 10 nitrogen and oxygen atoms in total. The number of carbonyl (C=O) groups is 1. The molecule has 1 amide bonds. The minimum atomic E-state index is -0.0712. The van der Waals surface area contributed by atoms with E-state index < -0.39 is 0 Å². The number of H-pyrrole nitrogens is 2. The number of aryl methyl sites for hydroxylation is 3. The highest BCUT2D eigenvalue weighted by atomic mass is 16.5. The summed E-state index contributed by atoms with van der Waals surface area (Å²) in [6, 6.07) is 6.37. The number of nitrogens with zero attached hydrogens (tertiary/aromatic N) is 3. The highest BCUT2D eigenvalue weighted by Crippen LogP contribution is 2.42. The Balaban J connectivity index is 1.49. The highest BCUT2D eigenvalue weighted by molar-refractivity contribution is 5.85. The summed E-state index contributed by atoms with van der Waals surface area (Å²) >= 11 is 0. The van der Waals surface area contributed by atoms with Crippen LogP contribution in [0.4, 0.5) is 0 Å². The summed E-state index contributed by atoms with van der Waals surface area (Å²) in [7, 11) is 3.48. The number of aromatic amines is 2. The van der Waals surface area contributed by atoms with E-state index in [9.17, 15) is 9.90 Å². The number of amides is 1. The molecule has 5 heterocycles. The van der Waals surface area contributed by atoms with Crippen LogP contribution >= 0.6 is 0 Å². The number of fused-ring (bicyclic) bond motifs is 8. The Labute approximate surface area is 289 Å². The summed E-state index contributed by atoms with van der Waals surface area (Å²) < 4.78 is 16.1. The third-order valence-electron chi connectivity index (χ3n) is 10.2. The van der Waals surface area contributed by atoms with Gasteiger partial charge in [-0.05, 0) is 92.6 Å². The molecule has 10 heteroatoms. The Morgan fingerprint density at radius 1 is 0.878 bits per heavy atom. The molecule has 5 rings (SSSR count). The van der Waals surface area contributed by atoms with Crippen LogP contribution in [0.2, 0.25) is 0 Å². The summed E-state index contributed by atoms with van der Waals surface area (Å²) in [5.74, 6) is 0.205. The molecular weight excluding hydrogens is 618 g/mol. The van der Waals surface area contributed by atoms with Crippen LogP contribution in [0.3, 0.4) is 0 Å². The molecule has 0 saturated heterocycles. The van der Waals surface area contributed by atoms with Gasteiger partial charge in [0.25, 0.3) is 0 Å². The second kappa shape index (κ2) is 16.3. The zero-order valence-corrected chi connectivity index (χ0v) is 30.5. The van der Waals surface area contributed by atoms with Crippen molar-refractivity contribution in [2.24, 2.45) is 0 Å². The lowest BCUT2D eigenvalue weighted by molar-refractivity contribution is -0.130. The van der Waals surface area contributed by atoms with Crippen molar-refractivity contribution in [3.05, 3.63) is 68.8 Å². The molecule has 0 aromatic carbocycles. The number of aliphatic hydroxyl groups is 1. The maximum atomic E-state index is 13.3. The van der Waals surface area contributed by atoms with Crippen molar-refractivity contribution in [2.45, 2.75) is 79.2 Å². The van der Waals surface area contributed by atoms with E-state index in [0.717, 1.165) is 73.5 Å². The summed E-state index contributed by atoms with van der Waals surface area (Å²) in [4.78, 5) is 32.6. The summed E-state index contributed by atoms with van der Waals surface area (Å²) in [6.07, 6.45) is 4.10. The van der Waals surface area contributed by atoms with E-state index in [1.54, 1.807) is 12.0 Å². The molecule has 3 aromatic rings. The standard InChI is InChI=1S/C39H53N5O5/c1-9-28-24(3)34-21-37-30(22-45)26(5)33(42-37)20-35-25(4)29(10-11-38(46)44(7)12-13-48-16-17-49-15-14-47-8)39(43-35)27(6)32-18-23(2)31(40-32)19-36(28)41-34/h18-21,25,29,41-42,45H,9-17,22H2,1-8H3/t25-,29-/m0/s1. The second-order valence-corrected chi connectivity index (χ2v) is 13.3. The van der Waals surface area contributed by atoms with Gasteiger partial charge in [-0.2, -0.15) is 0 Å². The SMILES string of the molecule is CCc1c(C)c2cc3[nH]c(cc4nc(c(C)c5nc(cc1[nH]2)C(C)=C5)[C@@H](CCC(=O)N(C)CCOCCOCCOC)[C@@H]4C)c(C)c3CO. The molecule has 0 unspecified atom stereocenters. The van der Waals surface area contributed by atoms with E-state index in [1.807, 2.05) is 14.0 Å². The fourth-order valence-electron chi connectivity index (χ4n) is 6.92. The first-order valence-electron chi connectivity index (χ1n) is 17.5. The molecule has 3 N–H and O–H groups in total. The third-order valence-corrected chi connectivity index (χ3v) is 10.2. The van der Waals surface area contributed by atoms with Crippen LogP contribution in [0.25, 0.3) is 33.7 Å². The van der Waals surface area contributed by atoms with Gasteiger partial charge in [0, 0.05) is 78.0 Å². The van der Waals surface area contributed by atoms with Gasteiger partial charge in [0.2, 0.25) is 5.91 Å². The molecule has 2 aliphatic heterocycles. The van der Waals surface area contributed by atoms with Crippen molar-refractivity contribution in [3.63, 3.8) is 0 Å². The van der Waals surface area contributed by atoms with Gasteiger partial charge in [-0.3, -0.25) is 9.78 Å². The molecule has 0 fully saturated rings. The van der Waals surface area contributed by atoms with E-state index in [-0.39, 0.29) is 24.3 Å². The Bertz CT molecular complexity index is 1860. The monoisotopic (exact) mass is 671 g/mol. The van der Waals surface area contributed by atoms with Gasteiger partial charge in [0.05, 0.1) is 51.0 Å². The minimum absolute atomic E-state index is 0.0442. The smallest absolute Gasteiger partial charge is 0.222 e. The summed E-state index contributed by atoms with van der Waals surface area (Å²) in [6.45, 7) is 15.7. The lowest BCUT2D eigenvalue weighted by Gasteiger charge is -2.21. The molecule has 0 spiro atoms. The van der Waals surface area contributed by atoms with E-state index in [2.05, 4.69) is 68.9 Å². The number of aromatic nitrogens is 4. The quantitative estimate of drug-likeness (QED) is 0.164. The largest absolute Gasteiger partial charge is 0.392 e. The van der Waals surface area contributed by atoms with Crippen molar-refractivity contribution in [1.29, 1.82) is 0 Å². The number of allylic oxidation sites excluding steroid dienone is 1. The molecule has 0 radical (unpaired) electrons. The molecule has 49 heavy (non-hydrogen) atoms. The van der Waals surface area contributed by atoms with Crippen LogP contribution in [-0.2, 0) is 32.0 Å². The van der Waals surface area contributed by atoms with Gasteiger partial charge in [0.15, 0.2) is 0 Å². The highest BCUT2D eigenvalue weighted by Gasteiger charge is 2.31. The fourth-order valence-corrected chi connectivity index (χ4v) is 6.92. The maximum absolute atomic E-state index is 13.3. The average molecular weight is 672 g/mol. The van der Waals surface area contributed by atoms with Crippen LogP contribution in [0.1, 0.15) is 96.0 Å². The van der Waals surface area contributed by atoms with E-state index in [1.165, 1.54) is 11.1 Å². The minimum Gasteiger partial charge on any atom is -0.392 e. The number of aliphatic hydroxyl groups excluding tert-OH is 1. The lowest BCUT2D eigenvalue weighted by atomic mass is 9.85. The number of rotatable bonds is 14. The number of likely N-dealkylation sites (N-methyl/N-ethyl adjacent to an activating group) is 1. The Morgan fingerprint density at radius 2 is 1.53 bits per heavy atom. The zero-order valence-electron chi connectivity index (χ0n) is 30.5. The molecule has 0 saturated carbocycles. The number of hydrogen-bond donors (Lipinski definition) is 3. The number of ether oxygens (including phenoxy) is 3. The first-order chi connectivity index (χ1) is 23.6. The number of carbonyl (C=O) groups excluding carboxylic acids is 1. The van der Waals surface area contributed by atoms with Gasteiger partial charge in [-0.1, -0.05) is 13.8 Å². The van der Waals surface area contributed by atoms with Gasteiger partial charge >= 0.3 is 0 Å². The zero-order chi connectivity index (χ0) is 35.2. The van der Waals surface area contributed by atoms with Crippen LogP contribution < -0.4 is 0 Å². The first kappa shape index (κ1) is 36.5. The topological polar surface area (TPSA) is 126 Å². The average Bonchev–Trinajstić information content (AvgIpc) is 3.79. The second-order valence-electron chi connectivity index (χ2n) is 13.3. The van der Waals surface area contributed by atoms with Crippen molar-refractivity contribution in [1.82, 2.24) is 24.8 Å². The summed E-state index contributed by atoms with van der Waals surface area (Å²) in [5.41, 5.74) is 14.1. The van der Waals surface area contributed by atoms with Gasteiger partial charge in [0.1, 0.15) is 0 Å². The molecule has 8 bridgehead atoms. The maximum Gasteiger partial charge on any atom is 0.222 e. The number of methoxy groups -OCH3 is 1. The van der Waals surface area contributed by atoms with E-state index in [4.69, 9.17) is 24.2 Å². The molecule has 3 aromatic heterocycles. The van der Waals surface area contributed by atoms with Crippen molar-refractivity contribution >= 4 is 39.6 Å². The van der Waals surface area contributed by atoms with Crippen LogP contribution in [0.15, 0.2) is 18.2 Å². The molecule has 2 atom stereocenters. The van der Waals surface area contributed by atoms with Gasteiger partial charge in [-0.15, -0.1) is 0 Å². The lowest BCUT2D eigenvalue weighted by Crippen LogP contribution is -2.30. The molecule has 0 aliphatic carbocycles. The van der Waals surface area contributed by atoms with Crippen molar-refractivity contribution in [2.75, 3.05) is 53.7 Å². The number of nitrogens with one attached hydrogen (secondary N) is 2. The number of hydrogen-bond acceptors (Lipinski definition) is 7. The predicted molar refractivity (Wildman–Crippen MR) is 196 cm³/mol. The Morgan fingerprint density at radius 3 is 2.22 bits per heavy atom. The molecular formula is C39H53N5O5.